The molecule has 2 aromatic carbocycles. The van der Waals surface area contributed by atoms with Crippen LogP contribution in [0.25, 0.3) is 0 Å². The third-order valence-electron chi connectivity index (χ3n) is 3.26. The molecule has 0 amide bonds. The molecule has 3 nitrogen and oxygen atoms in total. The van der Waals surface area contributed by atoms with Crippen LogP contribution in [-0.2, 0) is 12.8 Å². The van der Waals surface area contributed by atoms with Crippen LogP contribution in [0.3, 0.4) is 0 Å². The second-order valence-corrected chi connectivity index (χ2v) is 4.70. The summed E-state index contributed by atoms with van der Waals surface area (Å²) in [7, 11) is 1.94. The lowest BCUT2D eigenvalue weighted by Gasteiger charge is -2.16. The van der Waals surface area contributed by atoms with E-state index in [2.05, 4.69) is 17.4 Å². The lowest BCUT2D eigenvalue weighted by molar-refractivity contribution is 0.402. The fourth-order valence-corrected chi connectivity index (χ4v) is 2.16. The van der Waals surface area contributed by atoms with Crippen molar-refractivity contribution in [2.24, 2.45) is 0 Å². The number of rotatable bonds is 5. The van der Waals surface area contributed by atoms with Crippen molar-refractivity contribution in [3.05, 3.63) is 59.7 Å². The number of aromatic hydroxyl groups is 2. The summed E-state index contributed by atoms with van der Waals surface area (Å²) in [5.74, 6) is -0.139. The summed E-state index contributed by atoms with van der Waals surface area (Å²) >= 11 is 0. The van der Waals surface area contributed by atoms with Gasteiger partial charge in [0.15, 0.2) is 11.5 Å². The van der Waals surface area contributed by atoms with E-state index in [0.29, 0.717) is 6.04 Å². The predicted molar refractivity (Wildman–Crippen MR) is 76.5 cm³/mol. The van der Waals surface area contributed by atoms with Gasteiger partial charge in [-0.3, -0.25) is 0 Å². The monoisotopic (exact) mass is 257 g/mol. The second-order valence-electron chi connectivity index (χ2n) is 4.70. The summed E-state index contributed by atoms with van der Waals surface area (Å²) in [6, 6.07) is 15.6. The number of hydrogen-bond donors (Lipinski definition) is 3. The van der Waals surface area contributed by atoms with E-state index in [-0.39, 0.29) is 11.5 Å². The molecule has 19 heavy (non-hydrogen) atoms. The quantitative estimate of drug-likeness (QED) is 0.721. The Hall–Kier alpha value is -2.00. The van der Waals surface area contributed by atoms with Crippen molar-refractivity contribution in [3.63, 3.8) is 0 Å². The molecule has 2 rings (SSSR count). The largest absolute Gasteiger partial charge is 0.504 e. The lowest BCUT2D eigenvalue weighted by Crippen LogP contribution is -2.29. The van der Waals surface area contributed by atoms with Gasteiger partial charge < -0.3 is 15.5 Å². The Kier molecular flexibility index (Phi) is 4.42. The van der Waals surface area contributed by atoms with Gasteiger partial charge in [0.2, 0.25) is 0 Å². The van der Waals surface area contributed by atoms with Crippen molar-refractivity contribution >= 4 is 0 Å². The molecule has 2 aromatic rings. The normalized spacial score (nSPS) is 12.3. The molecule has 0 fully saturated rings. The summed E-state index contributed by atoms with van der Waals surface area (Å²) in [6.45, 7) is 0. The minimum Gasteiger partial charge on any atom is -0.504 e. The van der Waals surface area contributed by atoms with Crippen LogP contribution < -0.4 is 5.32 Å². The fraction of sp³-hybridized carbons (Fsp3) is 0.250. The molecular weight excluding hydrogens is 238 g/mol. The molecule has 0 aliphatic heterocycles. The predicted octanol–water partition coefficient (Wildman–Crippen LogP) is 2.47. The highest BCUT2D eigenvalue weighted by molar-refractivity contribution is 5.40. The minimum atomic E-state index is -0.0761. The van der Waals surface area contributed by atoms with Gasteiger partial charge in [-0.15, -0.1) is 0 Å². The van der Waals surface area contributed by atoms with Crippen LogP contribution in [0.2, 0.25) is 0 Å². The van der Waals surface area contributed by atoms with E-state index in [4.69, 9.17) is 0 Å². The molecule has 0 spiro atoms. The number of hydrogen-bond acceptors (Lipinski definition) is 3. The summed E-state index contributed by atoms with van der Waals surface area (Å²) in [4.78, 5) is 0. The summed E-state index contributed by atoms with van der Waals surface area (Å²) in [6.07, 6.45) is 1.73. The van der Waals surface area contributed by atoms with Gasteiger partial charge in [0.25, 0.3) is 0 Å². The fourth-order valence-electron chi connectivity index (χ4n) is 2.16. The van der Waals surface area contributed by atoms with Gasteiger partial charge in [0.05, 0.1) is 0 Å². The summed E-state index contributed by atoms with van der Waals surface area (Å²) in [5.41, 5.74) is 2.29. The zero-order valence-electron chi connectivity index (χ0n) is 11.0. The van der Waals surface area contributed by atoms with E-state index >= 15 is 0 Å². The highest BCUT2D eigenvalue weighted by atomic mass is 16.3. The average Bonchev–Trinajstić information content (AvgIpc) is 2.43. The van der Waals surface area contributed by atoms with Gasteiger partial charge in [-0.1, -0.05) is 36.4 Å². The first-order valence-corrected chi connectivity index (χ1v) is 6.41. The molecular formula is C16H19NO2. The molecule has 1 unspecified atom stereocenters. The van der Waals surface area contributed by atoms with Crippen LogP contribution >= 0.6 is 0 Å². The van der Waals surface area contributed by atoms with Crippen molar-refractivity contribution in [2.75, 3.05) is 7.05 Å². The van der Waals surface area contributed by atoms with E-state index < -0.39 is 0 Å². The van der Waals surface area contributed by atoms with Crippen LogP contribution in [0.5, 0.6) is 11.5 Å². The Bertz CT molecular complexity index is 526. The van der Waals surface area contributed by atoms with Crippen LogP contribution in [0.1, 0.15) is 11.1 Å². The van der Waals surface area contributed by atoms with Crippen molar-refractivity contribution in [3.8, 4) is 11.5 Å². The highest BCUT2D eigenvalue weighted by Gasteiger charge is 2.09. The van der Waals surface area contributed by atoms with Crippen molar-refractivity contribution in [2.45, 2.75) is 18.9 Å². The van der Waals surface area contributed by atoms with Crippen LogP contribution in [0.15, 0.2) is 48.5 Å². The van der Waals surface area contributed by atoms with Crippen LogP contribution in [0, 0.1) is 0 Å². The molecule has 0 aromatic heterocycles. The van der Waals surface area contributed by atoms with Crippen LogP contribution in [-0.4, -0.2) is 23.3 Å². The molecule has 0 saturated carbocycles. The van der Waals surface area contributed by atoms with Gasteiger partial charge >= 0.3 is 0 Å². The third-order valence-corrected chi connectivity index (χ3v) is 3.26. The SMILES string of the molecule is CNC(Cc1ccccc1)Cc1ccc(O)c(O)c1. The van der Waals surface area contributed by atoms with E-state index in [9.17, 15) is 10.2 Å². The Morgan fingerprint density at radius 3 is 2.21 bits per heavy atom. The Morgan fingerprint density at radius 1 is 0.895 bits per heavy atom. The molecule has 3 N–H and O–H groups in total. The number of nitrogens with one attached hydrogen (secondary N) is 1. The minimum absolute atomic E-state index is 0.0629. The molecule has 1 atom stereocenters. The first kappa shape index (κ1) is 13.4. The van der Waals surface area contributed by atoms with E-state index in [1.165, 1.54) is 11.6 Å². The lowest BCUT2D eigenvalue weighted by atomic mass is 9.99. The first-order valence-electron chi connectivity index (χ1n) is 6.41. The van der Waals surface area contributed by atoms with E-state index in [1.54, 1.807) is 6.07 Å². The van der Waals surface area contributed by atoms with Crippen molar-refractivity contribution in [1.82, 2.24) is 5.32 Å². The van der Waals surface area contributed by atoms with E-state index in [0.717, 1.165) is 18.4 Å². The molecule has 0 heterocycles. The molecule has 0 aliphatic carbocycles. The maximum Gasteiger partial charge on any atom is 0.157 e. The molecule has 0 bridgehead atoms. The van der Waals surface area contributed by atoms with E-state index in [1.807, 2.05) is 31.3 Å². The number of phenolic OH excluding ortho intramolecular Hbond substituents is 2. The van der Waals surface area contributed by atoms with Gasteiger partial charge in [-0.25, -0.2) is 0 Å². The van der Waals surface area contributed by atoms with Gasteiger partial charge in [0, 0.05) is 6.04 Å². The Balaban J connectivity index is 2.04. The first-order chi connectivity index (χ1) is 9.19. The van der Waals surface area contributed by atoms with Crippen molar-refractivity contribution < 1.29 is 10.2 Å². The van der Waals surface area contributed by atoms with Crippen molar-refractivity contribution in [1.29, 1.82) is 0 Å². The summed E-state index contributed by atoms with van der Waals surface area (Å²) < 4.78 is 0. The number of likely N-dealkylation sites (N-methyl/N-ethyl adjacent to an activating group) is 1. The van der Waals surface area contributed by atoms with Gasteiger partial charge in [-0.05, 0) is 43.1 Å². The molecule has 100 valence electrons. The smallest absolute Gasteiger partial charge is 0.157 e. The van der Waals surface area contributed by atoms with Gasteiger partial charge in [0.1, 0.15) is 0 Å². The Labute approximate surface area is 113 Å². The maximum absolute atomic E-state index is 9.51. The van der Waals surface area contributed by atoms with Gasteiger partial charge in [-0.2, -0.15) is 0 Å². The zero-order chi connectivity index (χ0) is 13.7. The maximum atomic E-state index is 9.51. The van der Waals surface area contributed by atoms with Crippen LogP contribution in [0.4, 0.5) is 0 Å². The Morgan fingerprint density at radius 2 is 1.58 bits per heavy atom. The molecule has 0 aliphatic rings. The highest BCUT2D eigenvalue weighted by Crippen LogP contribution is 2.25. The summed E-state index contributed by atoms with van der Waals surface area (Å²) in [5, 5.41) is 22.1. The number of phenols is 2. The second kappa shape index (κ2) is 6.25. The third kappa shape index (κ3) is 3.73. The molecule has 3 heteroatoms. The topological polar surface area (TPSA) is 52.5 Å². The zero-order valence-corrected chi connectivity index (χ0v) is 11.0. The number of benzene rings is 2. The molecule has 0 radical (unpaired) electrons. The standard InChI is InChI=1S/C16H19NO2/c1-17-14(9-12-5-3-2-4-6-12)10-13-7-8-15(18)16(19)11-13/h2-8,11,14,17-19H,9-10H2,1H3. The average molecular weight is 257 g/mol. The molecule has 0 saturated heterocycles.